The second kappa shape index (κ2) is 9.41. The molecule has 1 fully saturated rings. The lowest BCUT2D eigenvalue weighted by Crippen LogP contribution is -2.43. The molecule has 0 radical (unpaired) electrons. The summed E-state index contributed by atoms with van der Waals surface area (Å²) in [6.07, 6.45) is 0. The summed E-state index contributed by atoms with van der Waals surface area (Å²) in [6.45, 7) is 2.53. The van der Waals surface area contributed by atoms with Crippen LogP contribution in [0.1, 0.15) is 18.1 Å². The quantitative estimate of drug-likeness (QED) is 0.484. The third-order valence-electron chi connectivity index (χ3n) is 4.90. The van der Waals surface area contributed by atoms with E-state index in [0.717, 1.165) is 10.5 Å². The lowest BCUT2D eigenvalue weighted by atomic mass is 9.92. The number of methoxy groups -OCH3 is 1. The third kappa shape index (κ3) is 4.77. The highest BCUT2D eigenvalue weighted by Crippen LogP contribution is 2.28. The van der Waals surface area contributed by atoms with E-state index in [2.05, 4.69) is 10.6 Å². The number of carbonyl (C=O) groups excluding carboxylic acids is 3. The van der Waals surface area contributed by atoms with Gasteiger partial charge in [-0.2, -0.15) is 0 Å². The van der Waals surface area contributed by atoms with Crippen molar-refractivity contribution in [1.82, 2.24) is 15.5 Å². The van der Waals surface area contributed by atoms with E-state index in [1.807, 2.05) is 18.2 Å². The summed E-state index contributed by atoms with van der Waals surface area (Å²) in [5, 5.41) is 5.42. The molecule has 1 heterocycles. The molecule has 1 saturated heterocycles. The first-order chi connectivity index (χ1) is 14.4. The molecule has 1 aliphatic rings. The lowest BCUT2D eigenvalue weighted by Gasteiger charge is -2.22. The lowest BCUT2D eigenvalue weighted by molar-refractivity contribution is -0.134. The summed E-state index contributed by atoms with van der Waals surface area (Å²) >= 11 is 0. The Morgan fingerprint density at radius 2 is 1.77 bits per heavy atom. The zero-order chi connectivity index (χ0) is 21.6. The molecule has 30 heavy (non-hydrogen) atoms. The molecule has 0 aromatic heterocycles. The summed E-state index contributed by atoms with van der Waals surface area (Å²) in [4.78, 5) is 38.4. The number of imide groups is 1. The predicted molar refractivity (Wildman–Crippen MR) is 110 cm³/mol. The van der Waals surface area contributed by atoms with E-state index in [-0.39, 0.29) is 13.1 Å². The van der Waals surface area contributed by atoms with Gasteiger partial charge >= 0.3 is 6.03 Å². The van der Waals surface area contributed by atoms with Crippen molar-refractivity contribution in [2.45, 2.75) is 19.0 Å². The molecule has 0 bridgehead atoms. The predicted octanol–water partition coefficient (Wildman–Crippen LogP) is 1.80. The fraction of sp³-hybridized carbons (Fsp3) is 0.318. The van der Waals surface area contributed by atoms with Gasteiger partial charge < -0.3 is 20.1 Å². The maximum atomic E-state index is 12.8. The summed E-state index contributed by atoms with van der Waals surface area (Å²) in [5.74, 6) is -0.163. The van der Waals surface area contributed by atoms with Crippen LogP contribution in [0.4, 0.5) is 4.79 Å². The molecule has 1 aliphatic heterocycles. The van der Waals surface area contributed by atoms with E-state index in [1.165, 1.54) is 0 Å². The van der Waals surface area contributed by atoms with Crippen molar-refractivity contribution in [3.8, 4) is 5.75 Å². The highest BCUT2D eigenvalue weighted by atomic mass is 16.5. The number of amides is 4. The molecule has 4 amide bonds. The molecule has 0 spiro atoms. The van der Waals surface area contributed by atoms with Crippen molar-refractivity contribution in [3.63, 3.8) is 0 Å². The minimum Gasteiger partial charge on any atom is -0.491 e. The van der Waals surface area contributed by atoms with Gasteiger partial charge in [0.2, 0.25) is 5.91 Å². The van der Waals surface area contributed by atoms with Crippen LogP contribution in [0.25, 0.3) is 0 Å². The molecule has 0 saturated carbocycles. The monoisotopic (exact) mass is 411 g/mol. The number of hydrogen-bond donors (Lipinski definition) is 2. The van der Waals surface area contributed by atoms with Gasteiger partial charge in [-0.05, 0) is 30.2 Å². The number of ether oxygens (including phenoxy) is 2. The average Bonchev–Trinajstić information content (AvgIpc) is 2.98. The smallest absolute Gasteiger partial charge is 0.325 e. The molecule has 1 atom stereocenters. The molecule has 158 valence electrons. The molecule has 1 unspecified atom stereocenters. The number of rotatable bonds is 9. The van der Waals surface area contributed by atoms with E-state index in [9.17, 15) is 14.4 Å². The Morgan fingerprint density at radius 3 is 2.43 bits per heavy atom. The van der Waals surface area contributed by atoms with Crippen LogP contribution in [-0.2, 0) is 26.4 Å². The molecular weight excluding hydrogens is 386 g/mol. The zero-order valence-electron chi connectivity index (χ0n) is 17.0. The second-order valence-corrected chi connectivity index (χ2v) is 7.07. The van der Waals surface area contributed by atoms with Crippen molar-refractivity contribution in [2.75, 3.05) is 26.9 Å². The van der Waals surface area contributed by atoms with Gasteiger partial charge in [-0.3, -0.25) is 14.5 Å². The first-order valence-corrected chi connectivity index (χ1v) is 9.61. The van der Waals surface area contributed by atoms with E-state index < -0.39 is 23.4 Å². The first kappa shape index (κ1) is 21.3. The molecule has 8 nitrogen and oxygen atoms in total. The maximum absolute atomic E-state index is 12.8. The van der Waals surface area contributed by atoms with Gasteiger partial charge in [-0.15, -0.1) is 0 Å². The number of urea groups is 1. The van der Waals surface area contributed by atoms with Gasteiger partial charge in [0.25, 0.3) is 5.91 Å². The molecule has 2 aromatic rings. The minimum absolute atomic E-state index is 0.275. The molecule has 8 heteroatoms. The van der Waals surface area contributed by atoms with Crippen LogP contribution in [0.15, 0.2) is 54.6 Å². The molecule has 0 aliphatic carbocycles. The van der Waals surface area contributed by atoms with E-state index >= 15 is 0 Å². The highest BCUT2D eigenvalue weighted by Gasteiger charge is 2.49. The summed E-state index contributed by atoms with van der Waals surface area (Å²) in [6, 6.07) is 15.7. The standard InChI is InChI=1S/C22H25N3O5/c1-22(17-6-4-3-5-7-17)20(27)25(21(28)24-22)15-19(26)23-14-16-8-10-18(11-9-16)30-13-12-29-2/h3-11H,12-15H2,1-2H3,(H,23,26)(H,24,28). The minimum atomic E-state index is -1.18. The fourth-order valence-electron chi connectivity index (χ4n) is 3.15. The SMILES string of the molecule is COCCOc1ccc(CNC(=O)CN2C(=O)NC(C)(c3ccccc3)C2=O)cc1. The number of nitrogens with zero attached hydrogens (tertiary/aromatic N) is 1. The topological polar surface area (TPSA) is 97.0 Å². The van der Waals surface area contributed by atoms with Crippen LogP contribution in [0, 0.1) is 0 Å². The van der Waals surface area contributed by atoms with Gasteiger partial charge in [-0.25, -0.2) is 4.79 Å². The van der Waals surface area contributed by atoms with Crippen LogP contribution in [0.5, 0.6) is 5.75 Å². The highest BCUT2D eigenvalue weighted by molar-refractivity contribution is 6.09. The Labute approximate surface area is 175 Å². The van der Waals surface area contributed by atoms with E-state index in [0.29, 0.717) is 24.5 Å². The van der Waals surface area contributed by atoms with Gasteiger partial charge in [-0.1, -0.05) is 42.5 Å². The molecular formula is C22H25N3O5. The molecule has 3 rings (SSSR count). The maximum Gasteiger partial charge on any atom is 0.325 e. The van der Waals surface area contributed by atoms with Crippen LogP contribution in [-0.4, -0.2) is 49.6 Å². The van der Waals surface area contributed by atoms with Crippen LogP contribution in [0.2, 0.25) is 0 Å². The Hall–Kier alpha value is -3.39. The van der Waals surface area contributed by atoms with Crippen LogP contribution < -0.4 is 15.4 Å². The van der Waals surface area contributed by atoms with Crippen LogP contribution >= 0.6 is 0 Å². The van der Waals surface area contributed by atoms with Gasteiger partial charge in [0.15, 0.2) is 0 Å². The Bertz CT molecular complexity index is 901. The Morgan fingerprint density at radius 1 is 1.07 bits per heavy atom. The zero-order valence-corrected chi connectivity index (χ0v) is 17.0. The van der Waals surface area contributed by atoms with E-state index in [4.69, 9.17) is 9.47 Å². The van der Waals surface area contributed by atoms with Gasteiger partial charge in [0.05, 0.1) is 6.61 Å². The summed E-state index contributed by atoms with van der Waals surface area (Å²) in [5.41, 5.74) is 0.352. The van der Waals surface area contributed by atoms with Crippen molar-refractivity contribution in [1.29, 1.82) is 0 Å². The van der Waals surface area contributed by atoms with Crippen molar-refractivity contribution in [2.24, 2.45) is 0 Å². The molecule has 2 aromatic carbocycles. The van der Waals surface area contributed by atoms with Crippen molar-refractivity contribution in [3.05, 3.63) is 65.7 Å². The number of hydrogen-bond acceptors (Lipinski definition) is 5. The fourth-order valence-corrected chi connectivity index (χ4v) is 3.15. The van der Waals surface area contributed by atoms with Gasteiger partial charge in [0.1, 0.15) is 24.4 Å². The molecule has 2 N–H and O–H groups in total. The number of carbonyl (C=O) groups is 3. The van der Waals surface area contributed by atoms with E-state index in [1.54, 1.807) is 50.4 Å². The van der Waals surface area contributed by atoms with Crippen molar-refractivity contribution >= 4 is 17.8 Å². The van der Waals surface area contributed by atoms with Crippen LogP contribution in [0.3, 0.4) is 0 Å². The largest absolute Gasteiger partial charge is 0.491 e. The van der Waals surface area contributed by atoms with Gasteiger partial charge in [0, 0.05) is 13.7 Å². The third-order valence-corrected chi connectivity index (χ3v) is 4.90. The Balaban J connectivity index is 1.53. The number of benzene rings is 2. The summed E-state index contributed by atoms with van der Waals surface area (Å²) in [7, 11) is 1.61. The van der Waals surface area contributed by atoms with Crippen molar-refractivity contribution < 1.29 is 23.9 Å². The Kier molecular flexibility index (Phi) is 6.68. The normalized spacial score (nSPS) is 18.3. The first-order valence-electron chi connectivity index (χ1n) is 9.61. The second-order valence-electron chi connectivity index (χ2n) is 7.07. The average molecular weight is 411 g/mol. The number of nitrogens with one attached hydrogen (secondary N) is 2. The summed E-state index contributed by atoms with van der Waals surface area (Å²) < 4.78 is 10.4.